The van der Waals surface area contributed by atoms with Crippen LogP contribution in [0.4, 0.5) is 11.4 Å². The number of hydrogen-bond donors (Lipinski definition) is 1. The number of hydrogen-bond acceptors (Lipinski definition) is 3. The van der Waals surface area contributed by atoms with Crippen molar-refractivity contribution < 1.29 is 4.79 Å². The van der Waals surface area contributed by atoms with Gasteiger partial charge >= 0.3 is 0 Å². The second kappa shape index (κ2) is 6.28. The molecule has 0 aliphatic carbocycles. The Hall–Kier alpha value is -2.20. The quantitative estimate of drug-likeness (QED) is 0.867. The van der Waals surface area contributed by atoms with Gasteiger partial charge in [0.05, 0.1) is 0 Å². The average molecular weight is 316 g/mol. The minimum Gasteiger partial charge on any atom is -0.399 e. The fourth-order valence-corrected chi connectivity index (χ4v) is 2.75. The predicted molar refractivity (Wildman–Crippen MR) is 90.4 cm³/mol. The Kier molecular flexibility index (Phi) is 4.20. The van der Waals surface area contributed by atoms with Crippen molar-refractivity contribution in [2.45, 2.75) is 0 Å². The molecule has 2 aromatic carbocycles. The maximum absolute atomic E-state index is 12.4. The number of carbonyl (C=O) groups excluding carboxylic acids is 1. The van der Waals surface area contributed by atoms with Crippen LogP contribution in [0.5, 0.6) is 0 Å². The lowest BCUT2D eigenvalue weighted by molar-refractivity contribution is 0.0747. The lowest BCUT2D eigenvalue weighted by Crippen LogP contribution is -2.48. The van der Waals surface area contributed by atoms with Gasteiger partial charge in [-0.05, 0) is 48.5 Å². The largest absolute Gasteiger partial charge is 0.399 e. The Morgan fingerprint density at radius 3 is 2.09 bits per heavy atom. The number of amides is 1. The number of nitrogen functional groups attached to an aromatic ring is 1. The fraction of sp³-hybridized carbons (Fsp3) is 0.235. The van der Waals surface area contributed by atoms with Gasteiger partial charge in [0.25, 0.3) is 5.91 Å². The third-order valence-electron chi connectivity index (χ3n) is 3.92. The van der Waals surface area contributed by atoms with Crippen LogP contribution in [0.1, 0.15) is 10.4 Å². The van der Waals surface area contributed by atoms with E-state index in [4.69, 9.17) is 17.3 Å². The molecule has 22 heavy (non-hydrogen) atoms. The van der Waals surface area contributed by atoms with Crippen molar-refractivity contribution in [2.75, 3.05) is 36.8 Å². The maximum atomic E-state index is 12.4. The molecule has 3 rings (SSSR count). The molecule has 1 fully saturated rings. The molecule has 4 nitrogen and oxygen atoms in total. The molecule has 2 aromatic rings. The summed E-state index contributed by atoms with van der Waals surface area (Å²) in [7, 11) is 0. The van der Waals surface area contributed by atoms with Crippen LogP contribution in [0.25, 0.3) is 0 Å². The Balaban J connectivity index is 1.62. The summed E-state index contributed by atoms with van der Waals surface area (Å²) < 4.78 is 0. The van der Waals surface area contributed by atoms with Gasteiger partial charge in [0.1, 0.15) is 0 Å². The monoisotopic (exact) mass is 315 g/mol. The smallest absolute Gasteiger partial charge is 0.253 e. The molecule has 1 amide bonds. The van der Waals surface area contributed by atoms with E-state index in [1.54, 1.807) is 24.3 Å². The van der Waals surface area contributed by atoms with Crippen molar-refractivity contribution >= 4 is 28.9 Å². The van der Waals surface area contributed by atoms with E-state index >= 15 is 0 Å². The summed E-state index contributed by atoms with van der Waals surface area (Å²) >= 11 is 5.91. The maximum Gasteiger partial charge on any atom is 0.253 e. The highest BCUT2D eigenvalue weighted by Gasteiger charge is 2.22. The second-order valence-electron chi connectivity index (χ2n) is 5.38. The van der Waals surface area contributed by atoms with Crippen LogP contribution < -0.4 is 10.6 Å². The first kappa shape index (κ1) is 14.7. The summed E-state index contributed by atoms with van der Waals surface area (Å²) in [6.45, 7) is 3.07. The van der Waals surface area contributed by atoms with Gasteiger partial charge in [-0.2, -0.15) is 0 Å². The zero-order valence-electron chi connectivity index (χ0n) is 12.2. The van der Waals surface area contributed by atoms with E-state index in [0.29, 0.717) is 24.3 Å². The predicted octanol–water partition coefficient (Wildman–Crippen LogP) is 2.88. The highest BCUT2D eigenvalue weighted by atomic mass is 35.5. The molecule has 5 heteroatoms. The molecule has 0 bridgehead atoms. The van der Waals surface area contributed by atoms with Crippen molar-refractivity contribution in [3.05, 3.63) is 59.1 Å². The number of anilines is 2. The number of nitrogens with two attached hydrogens (primary N) is 1. The summed E-state index contributed by atoms with van der Waals surface area (Å²) in [4.78, 5) is 16.6. The molecule has 1 aliphatic heterocycles. The van der Waals surface area contributed by atoms with E-state index in [-0.39, 0.29) is 5.91 Å². The van der Waals surface area contributed by atoms with Crippen molar-refractivity contribution in [3.63, 3.8) is 0 Å². The number of nitrogens with zero attached hydrogens (tertiary/aromatic N) is 2. The third kappa shape index (κ3) is 3.17. The molecule has 114 valence electrons. The summed E-state index contributed by atoms with van der Waals surface area (Å²) in [5.74, 6) is 0.0655. The molecule has 0 unspecified atom stereocenters. The summed E-state index contributed by atoms with van der Waals surface area (Å²) in [5, 5.41) is 0.737. The van der Waals surface area contributed by atoms with Gasteiger partial charge in [0.2, 0.25) is 0 Å². The highest BCUT2D eigenvalue weighted by Crippen LogP contribution is 2.20. The zero-order chi connectivity index (χ0) is 15.5. The Bertz CT molecular complexity index is 647. The Morgan fingerprint density at radius 2 is 1.50 bits per heavy atom. The number of carbonyl (C=O) groups is 1. The van der Waals surface area contributed by atoms with Gasteiger partial charge in [-0.25, -0.2) is 0 Å². The van der Waals surface area contributed by atoms with E-state index in [2.05, 4.69) is 4.90 Å². The van der Waals surface area contributed by atoms with Gasteiger partial charge in [0, 0.05) is 48.1 Å². The molecule has 0 saturated carbocycles. The molecule has 1 heterocycles. The van der Waals surface area contributed by atoms with Gasteiger partial charge in [-0.3, -0.25) is 4.79 Å². The first-order valence-corrected chi connectivity index (χ1v) is 7.66. The van der Waals surface area contributed by atoms with Crippen molar-refractivity contribution in [1.29, 1.82) is 0 Å². The van der Waals surface area contributed by atoms with E-state index in [1.807, 2.05) is 29.2 Å². The molecular formula is C17H18ClN3O. The van der Waals surface area contributed by atoms with Crippen LogP contribution in [0, 0.1) is 0 Å². The SMILES string of the molecule is Nc1ccc(C(=O)N2CCN(c3ccc(Cl)cc3)CC2)cc1. The van der Waals surface area contributed by atoms with Crippen LogP contribution >= 0.6 is 11.6 Å². The molecule has 0 spiro atoms. The minimum atomic E-state index is 0.0655. The fourth-order valence-electron chi connectivity index (χ4n) is 2.63. The van der Waals surface area contributed by atoms with E-state index in [9.17, 15) is 4.79 Å². The van der Waals surface area contributed by atoms with Crippen LogP contribution in [0.15, 0.2) is 48.5 Å². The van der Waals surface area contributed by atoms with Crippen LogP contribution in [-0.2, 0) is 0 Å². The summed E-state index contributed by atoms with van der Waals surface area (Å²) in [5.41, 5.74) is 8.16. The zero-order valence-corrected chi connectivity index (χ0v) is 13.0. The Labute approximate surface area is 135 Å². The molecule has 0 radical (unpaired) electrons. The van der Waals surface area contributed by atoms with Crippen LogP contribution in [-0.4, -0.2) is 37.0 Å². The number of piperazine rings is 1. The topological polar surface area (TPSA) is 49.6 Å². The van der Waals surface area contributed by atoms with Gasteiger partial charge in [-0.1, -0.05) is 11.6 Å². The van der Waals surface area contributed by atoms with Gasteiger partial charge in [0.15, 0.2) is 0 Å². The molecule has 1 saturated heterocycles. The number of rotatable bonds is 2. The molecule has 0 atom stereocenters. The van der Waals surface area contributed by atoms with Crippen LogP contribution in [0.2, 0.25) is 5.02 Å². The van der Waals surface area contributed by atoms with Crippen molar-refractivity contribution in [3.8, 4) is 0 Å². The highest BCUT2D eigenvalue weighted by molar-refractivity contribution is 6.30. The standard InChI is InChI=1S/C17H18ClN3O/c18-14-3-7-16(8-4-14)20-9-11-21(12-10-20)17(22)13-1-5-15(19)6-2-13/h1-8H,9-12,19H2. The second-order valence-corrected chi connectivity index (χ2v) is 5.81. The van der Waals surface area contributed by atoms with Gasteiger partial charge in [-0.15, -0.1) is 0 Å². The van der Waals surface area contributed by atoms with Gasteiger partial charge < -0.3 is 15.5 Å². The summed E-state index contributed by atoms with van der Waals surface area (Å²) in [6.07, 6.45) is 0. The third-order valence-corrected chi connectivity index (χ3v) is 4.17. The number of benzene rings is 2. The minimum absolute atomic E-state index is 0.0655. The summed E-state index contributed by atoms with van der Waals surface area (Å²) in [6, 6.07) is 14.9. The van der Waals surface area contributed by atoms with Crippen molar-refractivity contribution in [2.24, 2.45) is 0 Å². The molecule has 0 aromatic heterocycles. The molecule has 2 N–H and O–H groups in total. The molecule has 1 aliphatic rings. The molecular weight excluding hydrogens is 298 g/mol. The van der Waals surface area contributed by atoms with E-state index < -0.39 is 0 Å². The lowest BCUT2D eigenvalue weighted by atomic mass is 10.1. The number of halogens is 1. The first-order valence-electron chi connectivity index (χ1n) is 7.29. The normalized spacial score (nSPS) is 15.0. The average Bonchev–Trinajstić information content (AvgIpc) is 2.56. The van der Waals surface area contributed by atoms with Crippen molar-refractivity contribution in [1.82, 2.24) is 4.90 Å². The van der Waals surface area contributed by atoms with E-state index in [0.717, 1.165) is 23.8 Å². The van der Waals surface area contributed by atoms with Crippen LogP contribution in [0.3, 0.4) is 0 Å². The Morgan fingerprint density at radius 1 is 0.909 bits per heavy atom. The lowest BCUT2D eigenvalue weighted by Gasteiger charge is -2.36. The first-order chi connectivity index (χ1) is 10.6. The van der Waals surface area contributed by atoms with E-state index in [1.165, 1.54) is 0 Å².